The van der Waals surface area contributed by atoms with Crippen LogP contribution in [0.15, 0.2) is 60.7 Å². The number of hydrogen-bond donors (Lipinski definition) is 0. The number of aromatic nitrogens is 2. The fourth-order valence-corrected chi connectivity index (χ4v) is 3.27. The molecule has 0 saturated carbocycles. The SMILES string of the molecule is O=C1CCCc2c1c(-c1ccccc1)nn2Cc1ccccc1. The Balaban J connectivity index is 1.83. The molecule has 0 bridgehead atoms. The highest BCUT2D eigenvalue weighted by Gasteiger charge is 2.27. The number of hydrogen-bond acceptors (Lipinski definition) is 2. The number of Topliss-reactive ketones (excluding diaryl/α,β-unsaturated/α-hetero) is 1. The van der Waals surface area contributed by atoms with Crippen molar-refractivity contribution in [3.8, 4) is 11.3 Å². The van der Waals surface area contributed by atoms with Crippen molar-refractivity contribution >= 4 is 5.78 Å². The van der Waals surface area contributed by atoms with E-state index in [1.165, 1.54) is 5.56 Å². The van der Waals surface area contributed by atoms with Gasteiger partial charge in [0.25, 0.3) is 0 Å². The van der Waals surface area contributed by atoms with Gasteiger partial charge in [0, 0.05) is 12.0 Å². The van der Waals surface area contributed by atoms with Crippen LogP contribution in [0.3, 0.4) is 0 Å². The number of nitrogens with zero attached hydrogens (tertiary/aromatic N) is 2. The molecule has 0 saturated heterocycles. The Kier molecular flexibility index (Phi) is 3.54. The Hall–Kier alpha value is -2.68. The van der Waals surface area contributed by atoms with Gasteiger partial charge in [-0.25, -0.2) is 0 Å². The van der Waals surface area contributed by atoms with E-state index in [0.717, 1.165) is 35.4 Å². The Morgan fingerprint density at radius 1 is 0.913 bits per heavy atom. The maximum Gasteiger partial charge on any atom is 0.166 e. The molecule has 4 rings (SSSR count). The first-order chi connectivity index (χ1) is 11.3. The Bertz CT molecular complexity index is 835. The van der Waals surface area contributed by atoms with Crippen LogP contribution in [-0.4, -0.2) is 15.6 Å². The molecule has 1 aliphatic rings. The van der Waals surface area contributed by atoms with Crippen LogP contribution in [-0.2, 0) is 13.0 Å². The van der Waals surface area contributed by atoms with Crippen LogP contribution in [0.4, 0.5) is 0 Å². The first kappa shape index (κ1) is 13.9. The molecule has 0 atom stereocenters. The van der Waals surface area contributed by atoms with E-state index in [4.69, 9.17) is 5.10 Å². The molecular formula is C20H18N2O. The standard InChI is InChI=1S/C20H18N2O/c23-18-13-7-12-17-19(18)20(16-10-5-2-6-11-16)21-22(17)14-15-8-3-1-4-9-15/h1-6,8-11H,7,12-14H2. The van der Waals surface area contributed by atoms with Gasteiger partial charge in [-0.05, 0) is 18.4 Å². The molecule has 0 aliphatic heterocycles. The molecule has 0 fully saturated rings. The van der Waals surface area contributed by atoms with Gasteiger partial charge >= 0.3 is 0 Å². The van der Waals surface area contributed by atoms with Gasteiger partial charge in [0.2, 0.25) is 0 Å². The van der Waals surface area contributed by atoms with Crippen LogP contribution in [0, 0.1) is 0 Å². The van der Waals surface area contributed by atoms with Crippen LogP contribution in [0.25, 0.3) is 11.3 Å². The number of ketones is 1. The van der Waals surface area contributed by atoms with E-state index >= 15 is 0 Å². The van der Waals surface area contributed by atoms with Gasteiger partial charge in [-0.1, -0.05) is 60.7 Å². The summed E-state index contributed by atoms with van der Waals surface area (Å²) in [5, 5.41) is 4.80. The van der Waals surface area contributed by atoms with Crippen molar-refractivity contribution in [3.05, 3.63) is 77.5 Å². The molecule has 23 heavy (non-hydrogen) atoms. The van der Waals surface area contributed by atoms with Gasteiger partial charge in [0.15, 0.2) is 5.78 Å². The van der Waals surface area contributed by atoms with E-state index in [0.29, 0.717) is 13.0 Å². The maximum atomic E-state index is 12.5. The Labute approximate surface area is 135 Å². The normalized spacial score (nSPS) is 13.8. The quantitative estimate of drug-likeness (QED) is 0.729. The fourth-order valence-electron chi connectivity index (χ4n) is 3.27. The summed E-state index contributed by atoms with van der Waals surface area (Å²) in [5.74, 6) is 0.226. The van der Waals surface area contributed by atoms with Gasteiger partial charge in [-0.3, -0.25) is 9.48 Å². The summed E-state index contributed by atoms with van der Waals surface area (Å²) in [6.45, 7) is 0.712. The molecule has 0 radical (unpaired) electrons. The van der Waals surface area contributed by atoms with E-state index in [-0.39, 0.29) is 5.78 Å². The zero-order chi connectivity index (χ0) is 15.6. The van der Waals surface area contributed by atoms with Crippen LogP contribution in [0.5, 0.6) is 0 Å². The molecule has 1 heterocycles. The summed E-state index contributed by atoms with van der Waals surface area (Å²) < 4.78 is 2.02. The summed E-state index contributed by atoms with van der Waals surface area (Å²) in [4.78, 5) is 12.5. The van der Waals surface area contributed by atoms with E-state index in [2.05, 4.69) is 12.1 Å². The summed E-state index contributed by atoms with van der Waals surface area (Å²) in [6.07, 6.45) is 2.47. The minimum absolute atomic E-state index is 0.226. The highest BCUT2D eigenvalue weighted by atomic mass is 16.1. The first-order valence-electron chi connectivity index (χ1n) is 8.05. The lowest BCUT2D eigenvalue weighted by Crippen LogP contribution is -2.14. The van der Waals surface area contributed by atoms with Crippen molar-refractivity contribution in [2.45, 2.75) is 25.8 Å². The van der Waals surface area contributed by atoms with Crippen LogP contribution in [0.1, 0.15) is 34.5 Å². The van der Waals surface area contributed by atoms with Crippen molar-refractivity contribution < 1.29 is 4.79 Å². The minimum Gasteiger partial charge on any atom is -0.294 e. The molecular weight excluding hydrogens is 284 g/mol. The van der Waals surface area contributed by atoms with Crippen LogP contribution in [0.2, 0.25) is 0 Å². The van der Waals surface area contributed by atoms with Gasteiger partial charge < -0.3 is 0 Å². The lowest BCUT2D eigenvalue weighted by molar-refractivity contribution is 0.0972. The molecule has 0 spiro atoms. The largest absolute Gasteiger partial charge is 0.294 e. The van der Waals surface area contributed by atoms with Crippen molar-refractivity contribution in [2.75, 3.05) is 0 Å². The number of rotatable bonds is 3. The van der Waals surface area contributed by atoms with Crippen molar-refractivity contribution in [1.82, 2.24) is 9.78 Å². The summed E-state index contributed by atoms with van der Waals surface area (Å²) >= 11 is 0. The lowest BCUT2D eigenvalue weighted by Gasteiger charge is -2.13. The average molecular weight is 302 g/mol. The molecule has 2 aromatic carbocycles. The summed E-state index contributed by atoms with van der Waals surface area (Å²) in [5.41, 5.74) is 4.98. The number of carbonyl (C=O) groups is 1. The minimum atomic E-state index is 0.226. The highest BCUT2D eigenvalue weighted by molar-refractivity contribution is 6.03. The third-order valence-electron chi connectivity index (χ3n) is 4.38. The molecule has 1 aromatic heterocycles. The number of fused-ring (bicyclic) bond motifs is 1. The van der Waals surface area contributed by atoms with Gasteiger partial charge in [-0.2, -0.15) is 5.10 Å². The first-order valence-corrected chi connectivity index (χ1v) is 8.05. The van der Waals surface area contributed by atoms with E-state index in [9.17, 15) is 4.79 Å². The molecule has 3 aromatic rings. The summed E-state index contributed by atoms with van der Waals surface area (Å²) in [7, 11) is 0. The zero-order valence-corrected chi connectivity index (χ0v) is 12.9. The van der Waals surface area contributed by atoms with Crippen molar-refractivity contribution in [3.63, 3.8) is 0 Å². The third-order valence-corrected chi connectivity index (χ3v) is 4.38. The smallest absolute Gasteiger partial charge is 0.166 e. The highest BCUT2D eigenvalue weighted by Crippen LogP contribution is 2.31. The van der Waals surface area contributed by atoms with Crippen LogP contribution < -0.4 is 0 Å². The molecule has 3 heteroatoms. The monoisotopic (exact) mass is 302 g/mol. The number of benzene rings is 2. The zero-order valence-electron chi connectivity index (χ0n) is 12.9. The predicted molar refractivity (Wildman–Crippen MR) is 90.5 cm³/mol. The van der Waals surface area contributed by atoms with Gasteiger partial charge in [0.1, 0.15) is 5.69 Å². The van der Waals surface area contributed by atoms with Gasteiger partial charge in [-0.15, -0.1) is 0 Å². The summed E-state index contributed by atoms with van der Waals surface area (Å²) in [6, 6.07) is 20.3. The second-order valence-corrected chi connectivity index (χ2v) is 5.96. The lowest BCUT2D eigenvalue weighted by atomic mass is 9.92. The molecule has 0 unspecified atom stereocenters. The Morgan fingerprint density at radius 2 is 1.61 bits per heavy atom. The molecule has 0 amide bonds. The third kappa shape index (κ3) is 2.59. The molecule has 1 aliphatic carbocycles. The molecule has 0 N–H and O–H groups in total. The van der Waals surface area contributed by atoms with Crippen molar-refractivity contribution in [1.29, 1.82) is 0 Å². The Morgan fingerprint density at radius 3 is 2.35 bits per heavy atom. The topological polar surface area (TPSA) is 34.9 Å². The molecule has 114 valence electrons. The average Bonchev–Trinajstić information content (AvgIpc) is 2.97. The van der Waals surface area contributed by atoms with E-state index in [1.54, 1.807) is 0 Å². The van der Waals surface area contributed by atoms with Crippen molar-refractivity contribution in [2.24, 2.45) is 0 Å². The second-order valence-electron chi connectivity index (χ2n) is 5.96. The van der Waals surface area contributed by atoms with E-state index in [1.807, 2.05) is 53.2 Å². The van der Waals surface area contributed by atoms with Gasteiger partial charge in [0.05, 0.1) is 17.8 Å². The van der Waals surface area contributed by atoms with Crippen LogP contribution >= 0.6 is 0 Å². The van der Waals surface area contributed by atoms with E-state index < -0.39 is 0 Å². The second kappa shape index (κ2) is 5.84. The maximum absolute atomic E-state index is 12.5. The molecule has 3 nitrogen and oxygen atoms in total. The number of carbonyl (C=O) groups excluding carboxylic acids is 1. The predicted octanol–water partition coefficient (Wildman–Crippen LogP) is 4.12. The fraction of sp³-hybridized carbons (Fsp3) is 0.200.